The molecule has 1 amide bonds. The molecule has 1 atom stereocenters. The zero-order valence-corrected chi connectivity index (χ0v) is 18.6. The van der Waals surface area contributed by atoms with E-state index in [9.17, 15) is 9.59 Å². The Kier molecular flexibility index (Phi) is 5.02. The van der Waals surface area contributed by atoms with E-state index in [1.807, 2.05) is 36.4 Å². The molecule has 2 aliphatic rings. The van der Waals surface area contributed by atoms with Crippen molar-refractivity contribution in [3.05, 3.63) is 64.1 Å². The van der Waals surface area contributed by atoms with E-state index < -0.39 is 11.2 Å². The molecule has 3 N–H and O–H groups in total. The fourth-order valence-corrected chi connectivity index (χ4v) is 4.95. The smallest absolute Gasteiger partial charge is 0.408 e. The number of aromatic nitrogens is 5. The number of carbonyl (C=O) groups is 1. The number of rotatable bonds is 7. The normalized spacial score (nSPS) is 18.2. The van der Waals surface area contributed by atoms with Crippen LogP contribution in [-0.4, -0.2) is 56.0 Å². The van der Waals surface area contributed by atoms with E-state index in [2.05, 4.69) is 35.8 Å². The Morgan fingerprint density at radius 2 is 2.03 bits per heavy atom. The van der Waals surface area contributed by atoms with E-state index in [4.69, 9.17) is 4.42 Å². The molecule has 2 aromatic heterocycles. The molecule has 1 saturated carbocycles. The van der Waals surface area contributed by atoms with Gasteiger partial charge in [-0.1, -0.05) is 24.3 Å². The number of hydrogen-bond donors (Lipinski definition) is 3. The molecular weight excluding hydrogens is 434 g/mol. The van der Waals surface area contributed by atoms with Gasteiger partial charge in [-0.2, -0.15) is 5.21 Å². The van der Waals surface area contributed by atoms with Gasteiger partial charge >= 0.3 is 5.76 Å². The van der Waals surface area contributed by atoms with Gasteiger partial charge in [0.15, 0.2) is 5.58 Å². The minimum absolute atomic E-state index is 0.00635. The van der Waals surface area contributed by atoms with E-state index in [0.717, 1.165) is 49.2 Å². The van der Waals surface area contributed by atoms with Crippen LogP contribution >= 0.6 is 0 Å². The highest BCUT2D eigenvalue weighted by molar-refractivity contribution is 5.92. The molecule has 34 heavy (non-hydrogen) atoms. The van der Waals surface area contributed by atoms with Crippen molar-refractivity contribution < 1.29 is 9.21 Å². The van der Waals surface area contributed by atoms with Gasteiger partial charge in [0.05, 0.1) is 17.0 Å². The van der Waals surface area contributed by atoms with Gasteiger partial charge in [0.2, 0.25) is 11.7 Å². The van der Waals surface area contributed by atoms with Crippen molar-refractivity contribution >= 4 is 17.0 Å². The Bertz CT molecular complexity index is 1380. The lowest BCUT2D eigenvalue weighted by atomic mass is 9.93. The molecule has 3 heterocycles. The molecule has 174 valence electrons. The maximum Gasteiger partial charge on any atom is 0.417 e. The predicted molar refractivity (Wildman–Crippen MR) is 124 cm³/mol. The van der Waals surface area contributed by atoms with Crippen molar-refractivity contribution in [3.8, 4) is 11.4 Å². The fraction of sp³-hybridized carbons (Fsp3) is 0.375. The van der Waals surface area contributed by atoms with Gasteiger partial charge in [-0.15, -0.1) is 10.2 Å². The summed E-state index contributed by atoms with van der Waals surface area (Å²) in [5, 5.41) is 17.7. The first kappa shape index (κ1) is 20.8. The largest absolute Gasteiger partial charge is 0.417 e. The number of nitrogens with zero attached hydrogens (tertiary/aromatic N) is 4. The van der Waals surface area contributed by atoms with Crippen molar-refractivity contribution in [1.82, 2.24) is 35.8 Å². The number of H-pyrrole nitrogens is 2. The Hall–Kier alpha value is -3.79. The van der Waals surface area contributed by atoms with Crippen molar-refractivity contribution in [2.45, 2.75) is 37.1 Å². The van der Waals surface area contributed by atoms with Gasteiger partial charge in [-0.25, -0.2) is 4.79 Å². The average molecular weight is 460 g/mol. The van der Waals surface area contributed by atoms with Gasteiger partial charge < -0.3 is 14.6 Å². The second-order valence-corrected chi connectivity index (χ2v) is 9.20. The summed E-state index contributed by atoms with van der Waals surface area (Å²) in [4.78, 5) is 30.3. The van der Waals surface area contributed by atoms with Crippen LogP contribution in [0, 0.1) is 0 Å². The zero-order chi connectivity index (χ0) is 23.1. The molecule has 0 radical (unpaired) electrons. The third-order valence-corrected chi connectivity index (χ3v) is 6.99. The summed E-state index contributed by atoms with van der Waals surface area (Å²) < 4.78 is 5.12. The topological polar surface area (TPSA) is 133 Å². The zero-order valence-electron chi connectivity index (χ0n) is 18.6. The Morgan fingerprint density at radius 3 is 2.79 bits per heavy atom. The first-order valence-corrected chi connectivity index (χ1v) is 11.6. The summed E-state index contributed by atoms with van der Waals surface area (Å²) in [6.07, 6.45) is 3.89. The van der Waals surface area contributed by atoms with E-state index in [1.54, 1.807) is 6.07 Å². The van der Waals surface area contributed by atoms with Gasteiger partial charge in [-0.3, -0.25) is 9.78 Å². The Morgan fingerprint density at radius 1 is 1.18 bits per heavy atom. The van der Waals surface area contributed by atoms with Crippen LogP contribution in [0.2, 0.25) is 0 Å². The van der Waals surface area contributed by atoms with Crippen LogP contribution in [0.4, 0.5) is 0 Å². The highest BCUT2D eigenvalue weighted by atomic mass is 16.4. The van der Waals surface area contributed by atoms with Crippen molar-refractivity contribution in [2.24, 2.45) is 0 Å². The number of nitrogens with one attached hydrogen (secondary N) is 3. The minimum atomic E-state index is -0.586. The van der Waals surface area contributed by atoms with E-state index >= 15 is 0 Å². The summed E-state index contributed by atoms with van der Waals surface area (Å²) in [7, 11) is 0. The maximum atomic E-state index is 13.7. The molecule has 0 spiro atoms. The molecule has 10 heteroatoms. The maximum absolute atomic E-state index is 13.7. The third-order valence-electron chi connectivity index (χ3n) is 6.99. The number of carbonyl (C=O) groups excluding carboxylic acids is 1. The van der Waals surface area contributed by atoms with Crippen LogP contribution in [0.3, 0.4) is 0 Å². The summed E-state index contributed by atoms with van der Waals surface area (Å²) in [6.45, 7) is 2.81. The number of oxazole rings is 1. The highest BCUT2D eigenvalue weighted by Crippen LogP contribution is 2.49. The van der Waals surface area contributed by atoms with Crippen LogP contribution in [0.15, 0.2) is 51.7 Å². The molecule has 4 aromatic rings. The number of aromatic amines is 2. The van der Waals surface area contributed by atoms with E-state index in [0.29, 0.717) is 16.9 Å². The quantitative estimate of drug-likeness (QED) is 0.386. The van der Waals surface area contributed by atoms with Crippen molar-refractivity contribution in [1.29, 1.82) is 0 Å². The van der Waals surface area contributed by atoms with Crippen LogP contribution < -0.4 is 11.1 Å². The lowest BCUT2D eigenvalue weighted by Gasteiger charge is -2.27. The lowest BCUT2D eigenvalue weighted by Crippen LogP contribution is -2.41. The first-order chi connectivity index (χ1) is 16.6. The van der Waals surface area contributed by atoms with Gasteiger partial charge in [0.25, 0.3) is 0 Å². The molecule has 1 saturated heterocycles. The SMILES string of the molecule is O=C(N[C@@H](CN1CCCC1)c1cccc(-c2nn[nH]n2)c1)C1(c2ccc3oc(=O)[nH]c3c2)CC1. The van der Waals surface area contributed by atoms with Crippen LogP contribution in [-0.2, 0) is 10.2 Å². The molecule has 2 aromatic carbocycles. The monoisotopic (exact) mass is 459 g/mol. The molecule has 1 aliphatic carbocycles. The molecule has 2 fully saturated rings. The number of likely N-dealkylation sites (tertiary alicyclic amines) is 1. The molecular formula is C24H25N7O3. The average Bonchev–Trinajstić information content (AvgIpc) is 3.21. The minimum Gasteiger partial charge on any atom is -0.408 e. The fourth-order valence-electron chi connectivity index (χ4n) is 4.95. The second-order valence-electron chi connectivity index (χ2n) is 9.20. The number of amides is 1. The third kappa shape index (κ3) is 3.79. The molecule has 6 rings (SSSR count). The predicted octanol–water partition coefficient (Wildman–Crippen LogP) is 2.29. The Balaban J connectivity index is 1.29. The van der Waals surface area contributed by atoms with Crippen LogP contribution in [0.25, 0.3) is 22.5 Å². The number of fused-ring (bicyclic) bond motifs is 1. The molecule has 10 nitrogen and oxygen atoms in total. The van der Waals surface area contributed by atoms with Crippen molar-refractivity contribution in [2.75, 3.05) is 19.6 Å². The number of benzene rings is 2. The highest BCUT2D eigenvalue weighted by Gasteiger charge is 2.52. The van der Waals surface area contributed by atoms with Gasteiger partial charge in [-0.05, 0) is 73.3 Å². The van der Waals surface area contributed by atoms with Gasteiger partial charge in [0.1, 0.15) is 0 Å². The van der Waals surface area contributed by atoms with Crippen LogP contribution in [0.1, 0.15) is 42.9 Å². The number of hydrogen-bond acceptors (Lipinski definition) is 7. The van der Waals surface area contributed by atoms with E-state index in [1.165, 1.54) is 12.8 Å². The Labute approximate surface area is 194 Å². The summed E-state index contributed by atoms with van der Waals surface area (Å²) in [5.74, 6) is 0.0367. The summed E-state index contributed by atoms with van der Waals surface area (Å²) >= 11 is 0. The van der Waals surface area contributed by atoms with E-state index in [-0.39, 0.29) is 11.9 Å². The first-order valence-electron chi connectivity index (χ1n) is 11.6. The number of tetrazole rings is 1. The van der Waals surface area contributed by atoms with Crippen LogP contribution in [0.5, 0.6) is 0 Å². The molecule has 0 bridgehead atoms. The molecule has 1 aliphatic heterocycles. The van der Waals surface area contributed by atoms with Crippen molar-refractivity contribution in [3.63, 3.8) is 0 Å². The molecule has 0 unspecified atom stereocenters. The summed E-state index contributed by atoms with van der Waals surface area (Å²) in [6, 6.07) is 13.3. The summed E-state index contributed by atoms with van der Waals surface area (Å²) in [5.41, 5.74) is 3.28. The second kappa shape index (κ2) is 8.21. The lowest BCUT2D eigenvalue weighted by molar-refractivity contribution is -0.124. The standard InChI is InChI=1S/C24H25N7O3/c32-22(24(8-9-24)17-6-7-20-18(13-17)26-23(33)34-20)25-19(14-31-10-1-2-11-31)15-4-3-5-16(12-15)21-27-29-30-28-21/h3-7,12-13,19H,1-2,8-11,14H2,(H,25,32)(H,26,33)(H,27,28,29,30)/t19-/m0/s1. The van der Waals surface area contributed by atoms with Gasteiger partial charge in [0, 0.05) is 12.1 Å².